The number of benzene rings is 1. The van der Waals surface area contributed by atoms with Crippen molar-refractivity contribution in [3.05, 3.63) is 35.0 Å². The highest BCUT2D eigenvalue weighted by molar-refractivity contribution is 6.01. The number of methoxy groups -OCH3 is 2. The van der Waals surface area contributed by atoms with Crippen LogP contribution in [0.2, 0.25) is 0 Å². The number of carbonyl (C=O) groups excluding carboxylic acids is 2. The van der Waals surface area contributed by atoms with Crippen molar-refractivity contribution in [1.82, 2.24) is 15.5 Å². The van der Waals surface area contributed by atoms with E-state index in [1.807, 2.05) is 6.07 Å². The quantitative estimate of drug-likeness (QED) is 0.853. The third-order valence-electron chi connectivity index (χ3n) is 4.35. The number of amides is 3. The van der Waals surface area contributed by atoms with Gasteiger partial charge in [0.15, 0.2) is 11.5 Å². The molecule has 2 heterocycles. The van der Waals surface area contributed by atoms with E-state index < -0.39 is 6.04 Å². The van der Waals surface area contributed by atoms with Crippen molar-refractivity contribution in [2.24, 2.45) is 5.92 Å². The molecule has 1 aromatic carbocycles. The molecule has 0 bridgehead atoms. The van der Waals surface area contributed by atoms with Gasteiger partial charge in [-0.3, -0.25) is 4.79 Å². The van der Waals surface area contributed by atoms with Crippen molar-refractivity contribution in [2.45, 2.75) is 19.9 Å². The van der Waals surface area contributed by atoms with E-state index in [-0.39, 0.29) is 11.9 Å². The molecule has 0 saturated heterocycles. The second-order valence-electron chi connectivity index (χ2n) is 6.62. The van der Waals surface area contributed by atoms with Gasteiger partial charge >= 0.3 is 6.03 Å². The first-order chi connectivity index (χ1) is 11.9. The van der Waals surface area contributed by atoms with Gasteiger partial charge in [0.25, 0.3) is 5.91 Å². The van der Waals surface area contributed by atoms with Crippen molar-refractivity contribution in [3.63, 3.8) is 0 Å². The molecule has 0 saturated carbocycles. The number of hydrogen-bond donors (Lipinski definition) is 2. The molecule has 0 unspecified atom stereocenters. The van der Waals surface area contributed by atoms with E-state index in [1.54, 1.807) is 31.3 Å². The summed E-state index contributed by atoms with van der Waals surface area (Å²) in [6.45, 7) is 5.21. The lowest BCUT2D eigenvalue weighted by Crippen LogP contribution is -2.44. The zero-order chi connectivity index (χ0) is 18.1. The molecule has 0 fully saturated rings. The SMILES string of the molecule is COc1ccc([C@@H]2NC(=O)NC3=C2C(=O)N(CC(C)C)C3)cc1OC. The number of hydrogen-bond acceptors (Lipinski definition) is 4. The second kappa shape index (κ2) is 6.66. The standard InChI is InChI=1S/C18H23N3O4/c1-10(2)8-21-9-12-15(17(21)22)16(20-18(23)19-12)11-5-6-13(24-3)14(7-11)25-4/h5-7,10,16H,8-9H2,1-4H3,(H2,19,20,23)/t16-/m0/s1. The molecule has 0 aromatic heterocycles. The zero-order valence-electron chi connectivity index (χ0n) is 14.9. The average molecular weight is 345 g/mol. The van der Waals surface area contributed by atoms with Crippen LogP contribution in [0.25, 0.3) is 0 Å². The van der Waals surface area contributed by atoms with Gasteiger partial charge in [0.2, 0.25) is 0 Å². The summed E-state index contributed by atoms with van der Waals surface area (Å²) in [5.41, 5.74) is 2.04. The molecule has 0 aliphatic carbocycles. The molecule has 0 spiro atoms. The Bertz CT molecular complexity index is 742. The van der Waals surface area contributed by atoms with E-state index in [0.717, 1.165) is 5.56 Å². The smallest absolute Gasteiger partial charge is 0.319 e. The van der Waals surface area contributed by atoms with Gasteiger partial charge in [-0.1, -0.05) is 19.9 Å². The Kier molecular flexibility index (Phi) is 4.57. The van der Waals surface area contributed by atoms with Gasteiger partial charge < -0.3 is 25.0 Å². The fourth-order valence-corrected chi connectivity index (χ4v) is 3.30. The number of rotatable bonds is 5. The van der Waals surface area contributed by atoms with E-state index in [9.17, 15) is 9.59 Å². The van der Waals surface area contributed by atoms with Crippen LogP contribution in [0.1, 0.15) is 25.5 Å². The fourth-order valence-electron chi connectivity index (χ4n) is 3.30. The first kappa shape index (κ1) is 17.1. The van der Waals surface area contributed by atoms with Gasteiger partial charge in [-0.05, 0) is 23.6 Å². The summed E-state index contributed by atoms with van der Waals surface area (Å²) < 4.78 is 10.6. The van der Waals surface area contributed by atoms with Crippen LogP contribution in [0.15, 0.2) is 29.5 Å². The Morgan fingerprint density at radius 3 is 2.56 bits per heavy atom. The maximum atomic E-state index is 12.9. The van der Waals surface area contributed by atoms with Gasteiger partial charge in [-0.15, -0.1) is 0 Å². The summed E-state index contributed by atoms with van der Waals surface area (Å²) >= 11 is 0. The number of nitrogens with one attached hydrogen (secondary N) is 2. The Labute approximate surface area is 147 Å². The normalized spacial score (nSPS) is 19.7. The van der Waals surface area contributed by atoms with Crippen LogP contribution >= 0.6 is 0 Å². The summed E-state index contributed by atoms with van der Waals surface area (Å²) in [7, 11) is 3.12. The Morgan fingerprint density at radius 1 is 1.20 bits per heavy atom. The van der Waals surface area contributed by atoms with Gasteiger partial charge in [-0.2, -0.15) is 0 Å². The summed E-state index contributed by atoms with van der Waals surface area (Å²) in [4.78, 5) is 26.7. The van der Waals surface area contributed by atoms with Gasteiger partial charge in [0.05, 0.1) is 38.1 Å². The van der Waals surface area contributed by atoms with Crippen molar-refractivity contribution >= 4 is 11.9 Å². The van der Waals surface area contributed by atoms with Crippen LogP contribution in [0.5, 0.6) is 11.5 Å². The van der Waals surface area contributed by atoms with E-state index >= 15 is 0 Å². The van der Waals surface area contributed by atoms with Crippen molar-refractivity contribution < 1.29 is 19.1 Å². The van der Waals surface area contributed by atoms with Crippen LogP contribution < -0.4 is 20.1 Å². The lowest BCUT2D eigenvalue weighted by molar-refractivity contribution is -0.126. The number of ether oxygens (including phenoxy) is 2. The summed E-state index contributed by atoms with van der Waals surface area (Å²) in [6, 6.07) is 4.58. The molecule has 1 atom stereocenters. The highest BCUT2D eigenvalue weighted by atomic mass is 16.5. The minimum absolute atomic E-state index is 0.0454. The maximum absolute atomic E-state index is 12.9. The van der Waals surface area contributed by atoms with Crippen molar-refractivity contribution in [3.8, 4) is 11.5 Å². The Hall–Kier alpha value is -2.70. The summed E-state index contributed by atoms with van der Waals surface area (Å²) in [5.74, 6) is 1.46. The van der Waals surface area contributed by atoms with E-state index in [1.165, 1.54) is 0 Å². The van der Waals surface area contributed by atoms with Crippen LogP contribution in [0, 0.1) is 5.92 Å². The molecule has 3 amide bonds. The van der Waals surface area contributed by atoms with Crippen LogP contribution in [0.4, 0.5) is 4.79 Å². The number of nitrogens with zero attached hydrogens (tertiary/aromatic N) is 1. The van der Waals surface area contributed by atoms with Crippen LogP contribution in [-0.2, 0) is 4.79 Å². The second-order valence-corrected chi connectivity index (χ2v) is 6.62. The molecule has 25 heavy (non-hydrogen) atoms. The molecule has 2 N–H and O–H groups in total. The Morgan fingerprint density at radius 2 is 1.92 bits per heavy atom. The predicted molar refractivity (Wildman–Crippen MR) is 92.4 cm³/mol. The maximum Gasteiger partial charge on any atom is 0.319 e. The van der Waals surface area contributed by atoms with Gasteiger partial charge in [-0.25, -0.2) is 4.79 Å². The molecular weight excluding hydrogens is 322 g/mol. The van der Waals surface area contributed by atoms with E-state index in [4.69, 9.17) is 9.47 Å². The molecule has 7 nitrogen and oxygen atoms in total. The highest BCUT2D eigenvalue weighted by Gasteiger charge is 2.40. The minimum Gasteiger partial charge on any atom is -0.493 e. The largest absolute Gasteiger partial charge is 0.493 e. The fraction of sp³-hybridized carbons (Fsp3) is 0.444. The van der Waals surface area contributed by atoms with Crippen molar-refractivity contribution in [2.75, 3.05) is 27.3 Å². The van der Waals surface area contributed by atoms with Gasteiger partial charge in [0.1, 0.15) is 0 Å². The van der Waals surface area contributed by atoms with Gasteiger partial charge in [0, 0.05) is 6.54 Å². The molecule has 134 valence electrons. The first-order valence-electron chi connectivity index (χ1n) is 8.26. The third-order valence-corrected chi connectivity index (χ3v) is 4.35. The number of carbonyl (C=O) groups is 2. The molecule has 2 aliphatic heterocycles. The van der Waals surface area contributed by atoms with Crippen LogP contribution in [-0.4, -0.2) is 44.1 Å². The zero-order valence-corrected chi connectivity index (χ0v) is 14.9. The van der Waals surface area contributed by atoms with Crippen molar-refractivity contribution in [1.29, 1.82) is 0 Å². The topological polar surface area (TPSA) is 79.9 Å². The molecule has 0 radical (unpaired) electrons. The predicted octanol–water partition coefficient (Wildman–Crippen LogP) is 1.81. The monoisotopic (exact) mass is 345 g/mol. The first-order valence-corrected chi connectivity index (χ1v) is 8.26. The molecule has 7 heteroatoms. The lowest BCUT2D eigenvalue weighted by atomic mass is 9.96. The minimum atomic E-state index is -0.506. The molecule has 1 aromatic rings. The van der Waals surface area contributed by atoms with E-state index in [2.05, 4.69) is 24.5 Å². The lowest BCUT2D eigenvalue weighted by Gasteiger charge is -2.26. The van der Waals surface area contributed by atoms with Crippen LogP contribution in [0.3, 0.4) is 0 Å². The highest BCUT2D eigenvalue weighted by Crippen LogP contribution is 2.36. The molecule has 2 aliphatic rings. The molecule has 3 rings (SSSR count). The number of urea groups is 1. The Balaban J connectivity index is 1.97. The third kappa shape index (κ3) is 3.14. The molecular formula is C18H23N3O4. The average Bonchev–Trinajstić information content (AvgIpc) is 2.88. The summed E-state index contributed by atoms with van der Waals surface area (Å²) in [5, 5.41) is 5.62. The summed E-state index contributed by atoms with van der Waals surface area (Å²) in [6.07, 6.45) is 0. The van der Waals surface area contributed by atoms with E-state index in [0.29, 0.717) is 41.8 Å².